The fourth-order valence-corrected chi connectivity index (χ4v) is 3.70. The molecule has 3 heterocycles. The van der Waals surface area contributed by atoms with Crippen LogP contribution in [-0.2, 0) is 4.79 Å². The molecule has 1 N–H and O–H groups in total. The molecule has 3 aromatic rings. The molecule has 0 aliphatic carbocycles. The van der Waals surface area contributed by atoms with Gasteiger partial charge in [-0.15, -0.1) is 0 Å². The van der Waals surface area contributed by atoms with Crippen LogP contribution in [0.25, 0.3) is 11.0 Å². The molecule has 10 heteroatoms. The van der Waals surface area contributed by atoms with Crippen molar-refractivity contribution in [3.05, 3.63) is 41.1 Å². The first-order valence-electron chi connectivity index (χ1n) is 10.5. The van der Waals surface area contributed by atoms with E-state index in [9.17, 15) is 9.59 Å². The smallest absolute Gasteiger partial charge is 0.265 e. The first-order valence-corrected chi connectivity index (χ1v) is 10.5. The van der Waals surface area contributed by atoms with Crippen molar-refractivity contribution in [1.29, 1.82) is 0 Å². The standard InChI is InChI=1S/C22H26N6O4/c1-14(20(29)25-15-9-16(31-2)11-17(10-15)32-3)28-13-24-19-18(21(28)30)12-23-22(26-19)27-7-5-4-6-8-27/h9-14H,4-8H2,1-3H3,(H,25,29). The summed E-state index contributed by atoms with van der Waals surface area (Å²) in [5.74, 6) is 1.28. The number of anilines is 2. The van der Waals surface area contributed by atoms with Crippen LogP contribution in [0.1, 0.15) is 32.2 Å². The van der Waals surface area contributed by atoms with Gasteiger partial charge in [-0.3, -0.25) is 14.2 Å². The van der Waals surface area contributed by atoms with Gasteiger partial charge >= 0.3 is 0 Å². The fraction of sp³-hybridized carbons (Fsp3) is 0.409. The van der Waals surface area contributed by atoms with E-state index in [-0.39, 0.29) is 16.9 Å². The highest BCUT2D eigenvalue weighted by atomic mass is 16.5. The molecular weight excluding hydrogens is 412 g/mol. The summed E-state index contributed by atoms with van der Waals surface area (Å²) in [7, 11) is 3.06. The molecule has 0 saturated carbocycles. The van der Waals surface area contributed by atoms with Crippen molar-refractivity contribution in [2.45, 2.75) is 32.2 Å². The average Bonchev–Trinajstić information content (AvgIpc) is 2.83. The van der Waals surface area contributed by atoms with Gasteiger partial charge in [-0.25, -0.2) is 9.97 Å². The van der Waals surface area contributed by atoms with Crippen LogP contribution >= 0.6 is 0 Å². The molecule has 0 spiro atoms. The average molecular weight is 438 g/mol. The van der Waals surface area contributed by atoms with Crippen LogP contribution in [0.2, 0.25) is 0 Å². The van der Waals surface area contributed by atoms with Crippen LogP contribution in [0, 0.1) is 0 Å². The number of ether oxygens (including phenoxy) is 2. The van der Waals surface area contributed by atoms with E-state index in [0.717, 1.165) is 25.9 Å². The van der Waals surface area contributed by atoms with Crippen LogP contribution in [0.15, 0.2) is 35.5 Å². The minimum Gasteiger partial charge on any atom is -0.497 e. The Balaban J connectivity index is 1.58. The minimum atomic E-state index is -0.807. The number of methoxy groups -OCH3 is 2. The summed E-state index contributed by atoms with van der Waals surface area (Å²) >= 11 is 0. The number of fused-ring (bicyclic) bond motifs is 1. The summed E-state index contributed by atoms with van der Waals surface area (Å²) in [4.78, 5) is 41.1. The third-order valence-electron chi connectivity index (χ3n) is 5.58. The topological polar surface area (TPSA) is 111 Å². The number of carbonyl (C=O) groups is 1. The maximum Gasteiger partial charge on any atom is 0.265 e. The third-order valence-corrected chi connectivity index (χ3v) is 5.58. The number of piperidine rings is 1. The van der Waals surface area contributed by atoms with E-state index in [1.165, 1.54) is 37.7 Å². The molecule has 1 aliphatic rings. The van der Waals surface area contributed by atoms with Gasteiger partial charge in [0.25, 0.3) is 5.56 Å². The molecule has 1 atom stereocenters. The number of carbonyl (C=O) groups excluding carboxylic acids is 1. The van der Waals surface area contributed by atoms with Gasteiger partial charge in [-0.2, -0.15) is 4.98 Å². The number of nitrogens with zero attached hydrogens (tertiary/aromatic N) is 5. The van der Waals surface area contributed by atoms with Crippen LogP contribution < -0.4 is 25.2 Å². The van der Waals surface area contributed by atoms with E-state index in [4.69, 9.17) is 9.47 Å². The molecule has 1 fully saturated rings. The summed E-state index contributed by atoms with van der Waals surface area (Å²) in [6, 6.07) is 4.24. The van der Waals surface area contributed by atoms with Crippen LogP contribution in [0.4, 0.5) is 11.6 Å². The van der Waals surface area contributed by atoms with E-state index >= 15 is 0 Å². The van der Waals surface area contributed by atoms with Crippen molar-refractivity contribution in [1.82, 2.24) is 19.5 Å². The molecule has 0 bridgehead atoms. The maximum absolute atomic E-state index is 13.0. The Morgan fingerprint density at radius 2 is 1.75 bits per heavy atom. The molecule has 10 nitrogen and oxygen atoms in total. The van der Waals surface area contributed by atoms with Crippen LogP contribution in [0.3, 0.4) is 0 Å². The van der Waals surface area contributed by atoms with Crippen molar-refractivity contribution < 1.29 is 14.3 Å². The Bertz CT molecular complexity index is 1170. The predicted octanol–water partition coefficient (Wildman–Crippen LogP) is 2.39. The molecule has 1 aliphatic heterocycles. The first-order chi connectivity index (χ1) is 15.5. The number of nitrogens with one attached hydrogen (secondary N) is 1. The van der Waals surface area contributed by atoms with E-state index in [1.54, 1.807) is 25.1 Å². The van der Waals surface area contributed by atoms with Gasteiger partial charge in [-0.1, -0.05) is 0 Å². The van der Waals surface area contributed by atoms with Crippen LogP contribution in [-0.4, -0.2) is 52.7 Å². The molecule has 1 aromatic carbocycles. The van der Waals surface area contributed by atoms with Gasteiger partial charge in [0, 0.05) is 43.2 Å². The molecular formula is C22H26N6O4. The molecule has 2 aromatic heterocycles. The SMILES string of the molecule is COc1cc(NC(=O)C(C)n2cnc3nc(N4CCCCC4)ncc3c2=O)cc(OC)c1. The second-order valence-corrected chi connectivity index (χ2v) is 7.68. The summed E-state index contributed by atoms with van der Waals surface area (Å²) in [6.45, 7) is 3.42. The summed E-state index contributed by atoms with van der Waals surface area (Å²) in [5.41, 5.74) is 0.451. The lowest BCUT2D eigenvalue weighted by atomic mass is 10.1. The zero-order valence-electron chi connectivity index (χ0n) is 18.4. The minimum absolute atomic E-state index is 0.274. The van der Waals surface area contributed by atoms with E-state index < -0.39 is 6.04 Å². The molecule has 1 unspecified atom stereocenters. The highest BCUT2D eigenvalue weighted by Gasteiger charge is 2.20. The molecule has 4 rings (SSSR count). The lowest BCUT2D eigenvalue weighted by Gasteiger charge is -2.26. The summed E-state index contributed by atoms with van der Waals surface area (Å²) < 4.78 is 11.7. The lowest BCUT2D eigenvalue weighted by molar-refractivity contribution is -0.118. The molecule has 0 radical (unpaired) electrons. The summed E-state index contributed by atoms with van der Waals surface area (Å²) in [6.07, 6.45) is 6.25. The van der Waals surface area contributed by atoms with Crippen LogP contribution in [0.5, 0.6) is 11.5 Å². The number of benzene rings is 1. The monoisotopic (exact) mass is 438 g/mol. The Labute approximate surface area is 185 Å². The number of aromatic nitrogens is 4. The Morgan fingerprint density at radius 3 is 2.41 bits per heavy atom. The lowest BCUT2D eigenvalue weighted by Crippen LogP contribution is -2.33. The number of hydrogen-bond donors (Lipinski definition) is 1. The van der Waals surface area contributed by atoms with E-state index in [0.29, 0.717) is 28.8 Å². The van der Waals surface area contributed by atoms with E-state index in [2.05, 4.69) is 25.2 Å². The molecule has 1 amide bonds. The van der Waals surface area contributed by atoms with Crippen molar-refractivity contribution >= 4 is 28.6 Å². The van der Waals surface area contributed by atoms with Gasteiger partial charge in [0.2, 0.25) is 11.9 Å². The summed E-state index contributed by atoms with van der Waals surface area (Å²) in [5, 5.41) is 3.07. The third kappa shape index (κ3) is 4.34. The van der Waals surface area contributed by atoms with Crippen molar-refractivity contribution in [2.75, 3.05) is 37.5 Å². The largest absolute Gasteiger partial charge is 0.497 e. The van der Waals surface area contributed by atoms with Crippen molar-refractivity contribution in [3.8, 4) is 11.5 Å². The second-order valence-electron chi connectivity index (χ2n) is 7.68. The maximum atomic E-state index is 13.0. The number of amides is 1. The molecule has 32 heavy (non-hydrogen) atoms. The highest BCUT2D eigenvalue weighted by Crippen LogP contribution is 2.26. The van der Waals surface area contributed by atoms with Gasteiger partial charge in [0.05, 0.1) is 14.2 Å². The van der Waals surface area contributed by atoms with Gasteiger partial charge < -0.3 is 19.7 Å². The Hall–Kier alpha value is -3.69. The predicted molar refractivity (Wildman–Crippen MR) is 121 cm³/mol. The number of hydrogen-bond acceptors (Lipinski definition) is 8. The van der Waals surface area contributed by atoms with Gasteiger partial charge in [-0.05, 0) is 26.2 Å². The number of rotatable bonds is 6. The van der Waals surface area contributed by atoms with Crippen molar-refractivity contribution in [2.24, 2.45) is 0 Å². The first kappa shape index (κ1) is 21.5. The highest BCUT2D eigenvalue weighted by molar-refractivity contribution is 5.94. The fourth-order valence-electron chi connectivity index (χ4n) is 3.70. The second kappa shape index (κ2) is 9.21. The van der Waals surface area contributed by atoms with Gasteiger partial charge in [0.1, 0.15) is 29.3 Å². The Kier molecular flexibility index (Phi) is 6.20. The van der Waals surface area contributed by atoms with E-state index in [1.807, 2.05) is 0 Å². The normalized spacial score (nSPS) is 14.8. The zero-order chi connectivity index (χ0) is 22.7. The quantitative estimate of drug-likeness (QED) is 0.624. The Morgan fingerprint density at radius 1 is 1.06 bits per heavy atom. The molecule has 168 valence electrons. The molecule has 1 saturated heterocycles. The zero-order valence-corrected chi connectivity index (χ0v) is 18.4. The van der Waals surface area contributed by atoms with Gasteiger partial charge in [0.15, 0.2) is 5.65 Å². The van der Waals surface area contributed by atoms with Crippen molar-refractivity contribution in [3.63, 3.8) is 0 Å².